The molecule has 2 aromatic carbocycles. The Morgan fingerprint density at radius 2 is 1.77 bits per heavy atom. The molecule has 0 bridgehead atoms. The molecule has 0 fully saturated rings. The number of rotatable bonds is 2. The Labute approximate surface area is 124 Å². The van der Waals surface area contributed by atoms with Gasteiger partial charge in [0.15, 0.2) is 0 Å². The Balaban J connectivity index is 2.05. The molecular weight excluding hydrogens is 297 g/mol. The van der Waals surface area contributed by atoms with Crippen molar-refractivity contribution in [2.24, 2.45) is 0 Å². The van der Waals surface area contributed by atoms with E-state index in [9.17, 15) is 23.1 Å². The van der Waals surface area contributed by atoms with Crippen LogP contribution in [0.5, 0.6) is 5.75 Å². The first-order valence-electron chi connectivity index (χ1n) is 6.57. The van der Waals surface area contributed by atoms with Gasteiger partial charge in [0.2, 0.25) is 0 Å². The van der Waals surface area contributed by atoms with E-state index in [0.717, 1.165) is 17.7 Å². The summed E-state index contributed by atoms with van der Waals surface area (Å²) in [5.41, 5.74) is 1.15. The summed E-state index contributed by atoms with van der Waals surface area (Å²) >= 11 is 0. The molecule has 0 atom stereocenters. The topological polar surface area (TPSA) is 46.5 Å². The van der Waals surface area contributed by atoms with Gasteiger partial charge >= 0.3 is 12.1 Å². The van der Waals surface area contributed by atoms with Crippen LogP contribution >= 0.6 is 0 Å². The number of halogens is 3. The van der Waals surface area contributed by atoms with E-state index in [1.165, 1.54) is 18.2 Å². The Hall–Kier alpha value is -2.50. The predicted molar refractivity (Wildman–Crippen MR) is 73.0 cm³/mol. The number of benzene rings is 2. The van der Waals surface area contributed by atoms with E-state index in [0.29, 0.717) is 29.9 Å². The lowest BCUT2D eigenvalue weighted by molar-refractivity contribution is -0.137. The normalized spacial score (nSPS) is 13.6. The maximum atomic E-state index is 12.6. The SMILES string of the molecule is O=C(O)c1cc(-c2ccc(C(F)(F)F)cc2)cc2c1OCC2. The maximum Gasteiger partial charge on any atom is 0.416 e. The highest BCUT2D eigenvalue weighted by Gasteiger charge is 2.30. The van der Waals surface area contributed by atoms with Crippen molar-refractivity contribution in [3.8, 4) is 16.9 Å². The molecule has 22 heavy (non-hydrogen) atoms. The molecule has 1 heterocycles. The van der Waals surface area contributed by atoms with Crippen LogP contribution in [0.2, 0.25) is 0 Å². The molecular formula is C16H11F3O3. The van der Waals surface area contributed by atoms with Crippen LogP contribution in [0.1, 0.15) is 21.5 Å². The third kappa shape index (κ3) is 2.52. The summed E-state index contributed by atoms with van der Waals surface area (Å²) in [4.78, 5) is 11.3. The zero-order valence-electron chi connectivity index (χ0n) is 11.3. The van der Waals surface area contributed by atoms with Crippen molar-refractivity contribution in [2.45, 2.75) is 12.6 Å². The molecule has 0 saturated heterocycles. The smallest absolute Gasteiger partial charge is 0.416 e. The second kappa shape index (κ2) is 5.05. The Morgan fingerprint density at radius 1 is 1.09 bits per heavy atom. The maximum absolute atomic E-state index is 12.6. The molecule has 0 aromatic heterocycles. The Bertz CT molecular complexity index is 734. The second-order valence-corrected chi connectivity index (χ2v) is 4.99. The fourth-order valence-corrected chi connectivity index (χ4v) is 2.49. The summed E-state index contributed by atoms with van der Waals surface area (Å²) in [5, 5.41) is 9.24. The molecule has 0 aliphatic carbocycles. The number of carboxylic acids is 1. The average molecular weight is 308 g/mol. The van der Waals surface area contributed by atoms with Crippen LogP contribution in [0.3, 0.4) is 0 Å². The van der Waals surface area contributed by atoms with E-state index in [2.05, 4.69) is 0 Å². The third-order valence-corrected chi connectivity index (χ3v) is 3.56. The molecule has 0 saturated carbocycles. The zero-order valence-corrected chi connectivity index (χ0v) is 11.3. The molecule has 0 unspecified atom stereocenters. The van der Waals surface area contributed by atoms with E-state index in [-0.39, 0.29) is 5.56 Å². The molecule has 3 rings (SSSR count). The van der Waals surface area contributed by atoms with Crippen LogP contribution < -0.4 is 4.74 Å². The summed E-state index contributed by atoms with van der Waals surface area (Å²) in [5.74, 6) is -0.768. The van der Waals surface area contributed by atoms with Gasteiger partial charge in [-0.15, -0.1) is 0 Å². The van der Waals surface area contributed by atoms with Gasteiger partial charge in [0.05, 0.1) is 12.2 Å². The van der Waals surface area contributed by atoms with E-state index >= 15 is 0 Å². The monoisotopic (exact) mass is 308 g/mol. The van der Waals surface area contributed by atoms with Crippen LogP contribution in [0.4, 0.5) is 13.2 Å². The summed E-state index contributed by atoms with van der Waals surface area (Å²) in [6, 6.07) is 7.84. The van der Waals surface area contributed by atoms with Crippen molar-refractivity contribution in [1.82, 2.24) is 0 Å². The van der Waals surface area contributed by atoms with Crippen molar-refractivity contribution < 1.29 is 27.8 Å². The Morgan fingerprint density at radius 3 is 2.36 bits per heavy atom. The van der Waals surface area contributed by atoms with E-state index in [1.54, 1.807) is 6.07 Å². The number of alkyl halides is 3. The lowest BCUT2D eigenvalue weighted by Crippen LogP contribution is -2.04. The lowest BCUT2D eigenvalue weighted by atomic mass is 9.97. The highest BCUT2D eigenvalue weighted by atomic mass is 19.4. The first-order valence-corrected chi connectivity index (χ1v) is 6.57. The number of carbonyl (C=O) groups is 1. The van der Waals surface area contributed by atoms with Gasteiger partial charge in [-0.2, -0.15) is 13.2 Å². The number of hydrogen-bond acceptors (Lipinski definition) is 2. The number of ether oxygens (including phenoxy) is 1. The quantitative estimate of drug-likeness (QED) is 0.912. The minimum Gasteiger partial charge on any atom is -0.492 e. The van der Waals surface area contributed by atoms with Crippen molar-refractivity contribution in [1.29, 1.82) is 0 Å². The average Bonchev–Trinajstić information content (AvgIpc) is 2.93. The largest absolute Gasteiger partial charge is 0.492 e. The number of hydrogen-bond donors (Lipinski definition) is 1. The summed E-state index contributed by atoms with van der Waals surface area (Å²) in [6.45, 7) is 0.409. The van der Waals surface area contributed by atoms with Gasteiger partial charge in [0.1, 0.15) is 11.3 Å². The van der Waals surface area contributed by atoms with E-state index < -0.39 is 17.7 Å². The molecule has 6 heteroatoms. The van der Waals surface area contributed by atoms with Gasteiger partial charge in [0.25, 0.3) is 0 Å². The molecule has 0 spiro atoms. The molecule has 2 aromatic rings. The minimum absolute atomic E-state index is 0.0323. The van der Waals surface area contributed by atoms with Crippen molar-refractivity contribution in [2.75, 3.05) is 6.61 Å². The highest BCUT2D eigenvalue weighted by Crippen LogP contribution is 2.36. The van der Waals surface area contributed by atoms with Gasteiger partial charge < -0.3 is 9.84 Å². The number of carboxylic acid groups (broad SMARTS) is 1. The standard InChI is InChI=1S/C16H11F3O3/c17-16(18,19)12-3-1-9(2-4-12)11-7-10-5-6-22-14(10)13(8-11)15(20)21/h1-4,7-8H,5-6H2,(H,20,21). The third-order valence-electron chi connectivity index (χ3n) is 3.56. The van der Waals surface area contributed by atoms with Crippen LogP contribution in [-0.2, 0) is 12.6 Å². The molecule has 3 nitrogen and oxygen atoms in total. The summed E-state index contributed by atoms with van der Waals surface area (Å²) < 4.78 is 43.0. The van der Waals surface area contributed by atoms with Crippen LogP contribution in [0.25, 0.3) is 11.1 Å². The van der Waals surface area contributed by atoms with Gasteiger partial charge in [0, 0.05) is 6.42 Å². The molecule has 114 valence electrons. The first kappa shape index (κ1) is 14.4. The van der Waals surface area contributed by atoms with E-state index in [4.69, 9.17) is 4.74 Å². The molecule has 1 aliphatic heterocycles. The van der Waals surface area contributed by atoms with Crippen LogP contribution in [0, 0.1) is 0 Å². The van der Waals surface area contributed by atoms with Crippen molar-refractivity contribution in [3.63, 3.8) is 0 Å². The fourth-order valence-electron chi connectivity index (χ4n) is 2.49. The molecule has 0 radical (unpaired) electrons. The molecule has 0 amide bonds. The summed E-state index contributed by atoms with van der Waals surface area (Å²) in [6.07, 6.45) is -3.80. The predicted octanol–water partition coefficient (Wildman–Crippen LogP) is 4.01. The fraction of sp³-hybridized carbons (Fsp3) is 0.188. The van der Waals surface area contributed by atoms with Gasteiger partial charge in [-0.1, -0.05) is 12.1 Å². The lowest BCUT2D eigenvalue weighted by Gasteiger charge is -2.10. The minimum atomic E-state index is -4.39. The van der Waals surface area contributed by atoms with Crippen LogP contribution in [-0.4, -0.2) is 17.7 Å². The van der Waals surface area contributed by atoms with Crippen molar-refractivity contribution in [3.05, 3.63) is 53.1 Å². The van der Waals surface area contributed by atoms with Crippen molar-refractivity contribution >= 4 is 5.97 Å². The zero-order chi connectivity index (χ0) is 15.9. The number of aromatic carboxylic acids is 1. The summed E-state index contributed by atoms with van der Waals surface area (Å²) in [7, 11) is 0. The molecule has 1 aliphatic rings. The van der Waals surface area contributed by atoms with Gasteiger partial charge in [-0.25, -0.2) is 4.79 Å². The van der Waals surface area contributed by atoms with Gasteiger partial charge in [-0.3, -0.25) is 0 Å². The van der Waals surface area contributed by atoms with Gasteiger partial charge in [-0.05, 0) is 41.0 Å². The van der Waals surface area contributed by atoms with Crippen LogP contribution in [0.15, 0.2) is 36.4 Å². The molecule has 1 N–H and O–H groups in total. The Kier molecular flexibility index (Phi) is 3.31. The van der Waals surface area contributed by atoms with E-state index in [1.807, 2.05) is 0 Å². The highest BCUT2D eigenvalue weighted by molar-refractivity contribution is 5.93. The first-order chi connectivity index (χ1) is 10.4. The number of fused-ring (bicyclic) bond motifs is 1. The second-order valence-electron chi connectivity index (χ2n) is 4.99.